The molecule has 5 saturated carbocycles. The van der Waals surface area contributed by atoms with Crippen LogP contribution in [-0.4, -0.2) is 39.6 Å². The zero-order valence-electron chi connectivity index (χ0n) is 20.5. The summed E-state index contributed by atoms with van der Waals surface area (Å²) in [6, 6.07) is 11.4. The van der Waals surface area contributed by atoms with E-state index in [-0.39, 0.29) is 41.3 Å². The van der Waals surface area contributed by atoms with E-state index in [1.54, 1.807) is 18.2 Å². The number of rotatable bonds is 6. The second-order valence-electron chi connectivity index (χ2n) is 11.9. The number of aliphatic hydroxyl groups excluding tert-OH is 1. The fraction of sp³-hybridized carbons (Fsp3) is 0.552. The van der Waals surface area contributed by atoms with Crippen molar-refractivity contribution in [1.29, 1.82) is 0 Å². The number of aliphatic hydroxyl groups is 1. The summed E-state index contributed by atoms with van der Waals surface area (Å²) in [4.78, 5) is 31.3. The maximum atomic E-state index is 13.7. The lowest BCUT2D eigenvalue weighted by molar-refractivity contribution is -0.0448. The number of hydrogen-bond donors (Lipinski definition) is 3. The predicted octanol–water partition coefficient (Wildman–Crippen LogP) is 4.35. The topological polar surface area (TPSA) is 91.3 Å². The Balaban J connectivity index is 1.21. The van der Waals surface area contributed by atoms with E-state index in [0.717, 1.165) is 57.1 Å². The zero-order valence-corrected chi connectivity index (χ0v) is 20.5. The highest BCUT2D eigenvalue weighted by Gasteiger charge is 2.58. The van der Waals surface area contributed by atoms with Crippen molar-refractivity contribution < 1.29 is 19.1 Å². The molecule has 1 heterocycles. The molecular formula is C29H34FN3O3. The summed E-state index contributed by atoms with van der Waals surface area (Å²) in [5.74, 6) is 0.467. The Morgan fingerprint density at radius 1 is 0.972 bits per heavy atom. The molecule has 0 radical (unpaired) electrons. The highest BCUT2D eigenvalue weighted by molar-refractivity contribution is 5.95. The molecule has 5 aliphatic carbocycles. The Morgan fingerprint density at radius 3 is 2.36 bits per heavy atom. The minimum Gasteiger partial charge on any atom is -0.396 e. The number of aromatic nitrogens is 1. The van der Waals surface area contributed by atoms with Crippen LogP contribution < -0.4 is 10.6 Å². The smallest absolute Gasteiger partial charge is 0.270 e. The Bertz CT molecular complexity index is 1170. The molecule has 190 valence electrons. The van der Waals surface area contributed by atoms with Gasteiger partial charge in [0.1, 0.15) is 11.5 Å². The van der Waals surface area contributed by atoms with Gasteiger partial charge in [-0.25, -0.2) is 9.37 Å². The van der Waals surface area contributed by atoms with E-state index < -0.39 is 5.82 Å². The van der Waals surface area contributed by atoms with Crippen LogP contribution in [0.1, 0.15) is 90.2 Å². The SMILES string of the molecule is O=C(NC12CC3CC(C1)CC(NC(=O)c1cccc(C4CCC[C@H]4CO)n1)(C3)C2)c1cccc(F)c1. The fourth-order valence-electron chi connectivity index (χ4n) is 8.23. The van der Waals surface area contributed by atoms with Crippen LogP contribution in [0, 0.1) is 23.6 Å². The van der Waals surface area contributed by atoms with Gasteiger partial charge in [0.25, 0.3) is 11.8 Å². The minimum absolute atomic E-state index is 0.151. The van der Waals surface area contributed by atoms with Gasteiger partial charge in [-0.3, -0.25) is 9.59 Å². The first-order chi connectivity index (χ1) is 17.4. The molecule has 6 nitrogen and oxygen atoms in total. The van der Waals surface area contributed by atoms with Crippen LogP contribution in [0.5, 0.6) is 0 Å². The number of amides is 2. The molecule has 0 spiro atoms. The van der Waals surface area contributed by atoms with Gasteiger partial charge in [0, 0.05) is 34.9 Å². The van der Waals surface area contributed by atoms with Gasteiger partial charge >= 0.3 is 0 Å². The first-order valence-electron chi connectivity index (χ1n) is 13.3. The summed E-state index contributed by atoms with van der Waals surface area (Å²) >= 11 is 0. The molecule has 5 aliphatic rings. The molecule has 5 fully saturated rings. The number of pyridine rings is 1. The van der Waals surface area contributed by atoms with Gasteiger partial charge in [-0.2, -0.15) is 0 Å². The lowest BCUT2D eigenvalue weighted by atomic mass is 9.49. The van der Waals surface area contributed by atoms with Crippen molar-refractivity contribution in [2.45, 2.75) is 74.8 Å². The van der Waals surface area contributed by atoms with E-state index in [9.17, 15) is 19.1 Å². The molecule has 4 bridgehead atoms. The van der Waals surface area contributed by atoms with Gasteiger partial charge < -0.3 is 15.7 Å². The third-order valence-corrected chi connectivity index (χ3v) is 9.18. The zero-order chi connectivity index (χ0) is 24.9. The number of benzene rings is 1. The monoisotopic (exact) mass is 491 g/mol. The van der Waals surface area contributed by atoms with Gasteiger partial charge in [-0.15, -0.1) is 0 Å². The summed E-state index contributed by atoms with van der Waals surface area (Å²) in [6.45, 7) is 0.151. The molecule has 2 amide bonds. The predicted molar refractivity (Wildman–Crippen MR) is 133 cm³/mol. The molecule has 0 saturated heterocycles. The number of nitrogens with one attached hydrogen (secondary N) is 2. The quantitative estimate of drug-likeness (QED) is 0.560. The number of halogens is 1. The van der Waals surface area contributed by atoms with E-state index in [4.69, 9.17) is 4.98 Å². The Kier molecular flexibility index (Phi) is 5.86. The van der Waals surface area contributed by atoms with E-state index in [1.807, 2.05) is 12.1 Å². The van der Waals surface area contributed by atoms with Crippen LogP contribution in [0.3, 0.4) is 0 Å². The largest absolute Gasteiger partial charge is 0.396 e. The molecule has 3 unspecified atom stereocenters. The maximum Gasteiger partial charge on any atom is 0.270 e. The van der Waals surface area contributed by atoms with E-state index >= 15 is 0 Å². The van der Waals surface area contributed by atoms with Crippen molar-refractivity contribution in [2.75, 3.05) is 6.61 Å². The number of carbonyl (C=O) groups is 2. The molecule has 0 aliphatic heterocycles. The molecule has 1 aromatic carbocycles. The van der Waals surface area contributed by atoms with E-state index in [0.29, 0.717) is 29.5 Å². The lowest BCUT2D eigenvalue weighted by Crippen LogP contribution is -2.69. The maximum absolute atomic E-state index is 13.7. The van der Waals surface area contributed by atoms with Crippen LogP contribution in [-0.2, 0) is 0 Å². The van der Waals surface area contributed by atoms with Crippen LogP contribution in [0.15, 0.2) is 42.5 Å². The Morgan fingerprint density at radius 2 is 1.67 bits per heavy atom. The molecule has 36 heavy (non-hydrogen) atoms. The van der Waals surface area contributed by atoms with Crippen molar-refractivity contribution in [2.24, 2.45) is 17.8 Å². The average molecular weight is 492 g/mol. The third kappa shape index (κ3) is 4.32. The Hall–Kier alpha value is -2.80. The standard InChI is InChI=1S/C29H34FN3O3/c30-22-6-1-4-20(11-22)26(35)32-28-12-18-10-19(13-28)15-29(14-18,17-28)33-27(36)25-9-3-8-24(31-25)23-7-2-5-21(23)16-34/h1,3-4,6,8-9,11,18-19,21,23,34H,2,5,7,10,12-17H2,(H,32,35)(H,33,36)/t18?,19?,21-,23?,28?,29?/m0/s1. The molecule has 4 atom stereocenters. The summed E-state index contributed by atoms with van der Waals surface area (Å²) in [5.41, 5.74) is 0.898. The molecule has 7 rings (SSSR count). The van der Waals surface area contributed by atoms with Gasteiger partial charge in [0.2, 0.25) is 0 Å². The van der Waals surface area contributed by atoms with E-state index in [1.165, 1.54) is 12.1 Å². The van der Waals surface area contributed by atoms with Crippen molar-refractivity contribution in [3.8, 4) is 0 Å². The van der Waals surface area contributed by atoms with Crippen molar-refractivity contribution in [3.63, 3.8) is 0 Å². The average Bonchev–Trinajstić information content (AvgIpc) is 3.32. The highest BCUT2D eigenvalue weighted by Crippen LogP contribution is 2.57. The number of nitrogens with zero attached hydrogens (tertiary/aromatic N) is 1. The lowest BCUT2D eigenvalue weighted by Gasteiger charge is -2.62. The number of hydrogen-bond acceptors (Lipinski definition) is 4. The first kappa shape index (κ1) is 23.6. The van der Waals surface area contributed by atoms with Gasteiger partial charge in [-0.05, 0) is 99.5 Å². The summed E-state index contributed by atoms with van der Waals surface area (Å²) in [6.07, 6.45) is 8.52. The molecular weight excluding hydrogens is 457 g/mol. The van der Waals surface area contributed by atoms with Gasteiger partial charge in [0.15, 0.2) is 0 Å². The summed E-state index contributed by atoms with van der Waals surface area (Å²) < 4.78 is 13.7. The molecule has 1 aromatic heterocycles. The minimum atomic E-state index is -0.422. The van der Waals surface area contributed by atoms with Crippen molar-refractivity contribution >= 4 is 11.8 Å². The molecule has 3 N–H and O–H groups in total. The van der Waals surface area contributed by atoms with E-state index in [2.05, 4.69) is 10.6 Å². The second-order valence-corrected chi connectivity index (χ2v) is 11.9. The Labute approximate surface area is 211 Å². The molecule has 2 aromatic rings. The van der Waals surface area contributed by atoms with Crippen LogP contribution in [0.25, 0.3) is 0 Å². The number of carbonyl (C=O) groups excluding carboxylic acids is 2. The van der Waals surface area contributed by atoms with Crippen LogP contribution >= 0.6 is 0 Å². The second kappa shape index (κ2) is 8.94. The normalized spacial score (nSPS) is 34.5. The third-order valence-electron chi connectivity index (χ3n) is 9.18. The van der Waals surface area contributed by atoms with Gasteiger partial charge in [0.05, 0.1) is 0 Å². The van der Waals surface area contributed by atoms with Crippen molar-refractivity contribution in [3.05, 3.63) is 65.2 Å². The van der Waals surface area contributed by atoms with Gasteiger partial charge in [-0.1, -0.05) is 18.6 Å². The van der Waals surface area contributed by atoms with Crippen LogP contribution in [0.4, 0.5) is 4.39 Å². The summed E-state index contributed by atoms with van der Waals surface area (Å²) in [5, 5.41) is 16.4. The summed E-state index contributed by atoms with van der Waals surface area (Å²) in [7, 11) is 0. The fourth-order valence-corrected chi connectivity index (χ4v) is 8.23. The molecule has 7 heteroatoms. The first-order valence-corrected chi connectivity index (χ1v) is 13.3. The van der Waals surface area contributed by atoms with Crippen molar-refractivity contribution in [1.82, 2.24) is 15.6 Å². The van der Waals surface area contributed by atoms with Crippen LogP contribution in [0.2, 0.25) is 0 Å². The highest BCUT2D eigenvalue weighted by atomic mass is 19.1.